The maximum absolute atomic E-state index is 4.84. The lowest BCUT2D eigenvalue weighted by Gasteiger charge is -2.41. The monoisotopic (exact) mass is 352 g/mol. The Kier molecular flexibility index (Phi) is 6.68. The van der Waals surface area contributed by atoms with Crippen LogP contribution in [0.25, 0.3) is 0 Å². The van der Waals surface area contributed by atoms with Crippen LogP contribution in [0.3, 0.4) is 0 Å². The molecule has 5 heteroatoms. The largest absolute Gasteiger partial charge is 0.359 e. The van der Waals surface area contributed by atoms with E-state index in [1.165, 1.54) is 31.9 Å². The molecule has 1 aliphatic rings. The van der Waals surface area contributed by atoms with Crippen molar-refractivity contribution >= 4 is 16.5 Å². The molecule has 2 heterocycles. The predicted molar refractivity (Wildman–Crippen MR) is 106 cm³/mol. The van der Waals surface area contributed by atoms with Gasteiger partial charge in [0.2, 0.25) is 0 Å². The minimum atomic E-state index is 0.113. The Hall–Kier alpha value is -0.650. The molecule has 1 fully saturated rings. The van der Waals surface area contributed by atoms with Crippen molar-refractivity contribution in [1.29, 1.82) is 0 Å². The number of rotatable bonds is 7. The highest BCUT2D eigenvalue weighted by Crippen LogP contribution is 2.32. The van der Waals surface area contributed by atoms with E-state index in [0.29, 0.717) is 18.1 Å². The van der Waals surface area contributed by atoms with Crippen LogP contribution in [-0.4, -0.2) is 59.1 Å². The Bertz CT molecular complexity index is 501. The molecule has 0 amide bonds. The summed E-state index contributed by atoms with van der Waals surface area (Å²) in [7, 11) is 0. The summed E-state index contributed by atoms with van der Waals surface area (Å²) in [5, 5.41) is 6.70. The second-order valence-corrected chi connectivity index (χ2v) is 9.30. The summed E-state index contributed by atoms with van der Waals surface area (Å²) < 4.78 is 0. The van der Waals surface area contributed by atoms with Gasteiger partial charge in [0.05, 0.1) is 5.69 Å². The minimum absolute atomic E-state index is 0.113. The Balaban J connectivity index is 1.92. The number of nitrogens with one attached hydrogen (secondary N) is 1. The second-order valence-electron chi connectivity index (χ2n) is 8.44. The lowest BCUT2D eigenvalue weighted by atomic mass is 9.83. The molecule has 0 aromatic carbocycles. The van der Waals surface area contributed by atoms with E-state index in [0.717, 1.165) is 11.6 Å². The third kappa shape index (κ3) is 5.17. The highest BCUT2D eigenvalue weighted by molar-refractivity contribution is 7.13. The molecule has 1 saturated heterocycles. The first-order valence-corrected chi connectivity index (χ1v) is 10.3. The summed E-state index contributed by atoms with van der Waals surface area (Å²) in [6, 6.07) is 1.70. The number of thiazole rings is 1. The van der Waals surface area contributed by atoms with E-state index >= 15 is 0 Å². The molecule has 24 heavy (non-hydrogen) atoms. The Morgan fingerprint density at radius 2 is 1.67 bits per heavy atom. The van der Waals surface area contributed by atoms with Crippen molar-refractivity contribution in [2.45, 2.75) is 78.4 Å². The number of hydrogen-bond acceptors (Lipinski definition) is 5. The van der Waals surface area contributed by atoms with Crippen LogP contribution in [0.15, 0.2) is 5.38 Å². The fraction of sp³-hybridized carbons (Fsp3) is 0.842. The third-order valence-electron chi connectivity index (χ3n) is 5.12. The van der Waals surface area contributed by atoms with E-state index in [4.69, 9.17) is 4.98 Å². The molecule has 4 nitrogen and oxygen atoms in total. The zero-order chi connectivity index (χ0) is 17.9. The van der Waals surface area contributed by atoms with Gasteiger partial charge >= 0.3 is 0 Å². The van der Waals surface area contributed by atoms with E-state index in [-0.39, 0.29) is 5.41 Å². The fourth-order valence-electron chi connectivity index (χ4n) is 3.56. The number of hydrogen-bond donors (Lipinski definition) is 1. The number of piperazine rings is 1. The lowest BCUT2D eigenvalue weighted by Crippen LogP contribution is -2.52. The van der Waals surface area contributed by atoms with Crippen molar-refractivity contribution in [2.24, 2.45) is 0 Å². The zero-order valence-corrected chi connectivity index (χ0v) is 17.4. The van der Waals surface area contributed by atoms with Gasteiger partial charge in [0, 0.05) is 55.1 Å². The first-order chi connectivity index (χ1) is 11.2. The number of aromatic nitrogens is 1. The normalized spacial score (nSPS) is 19.2. The molecule has 0 saturated carbocycles. The fourth-order valence-corrected chi connectivity index (χ4v) is 4.61. The minimum Gasteiger partial charge on any atom is -0.359 e. The Labute approximate surface area is 152 Å². The van der Waals surface area contributed by atoms with Crippen molar-refractivity contribution in [3.63, 3.8) is 0 Å². The van der Waals surface area contributed by atoms with E-state index < -0.39 is 0 Å². The van der Waals surface area contributed by atoms with Crippen LogP contribution >= 0.6 is 11.3 Å². The SMILES string of the molecule is CC(C)Nc1nc(C(C)(C)CC(C)N2CCN(C(C)C)CC2)cs1. The van der Waals surface area contributed by atoms with Gasteiger partial charge in [-0.15, -0.1) is 11.3 Å². The second kappa shape index (κ2) is 8.15. The smallest absolute Gasteiger partial charge is 0.183 e. The summed E-state index contributed by atoms with van der Waals surface area (Å²) in [6.07, 6.45) is 1.15. The summed E-state index contributed by atoms with van der Waals surface area (Å²) in [4.78, 5) is 10.1. The molecule has 1 N–H and O–H groups in total. The van der Waals surface area contributed by atoms with Gasteiger partial charge in [0.25, 0.3) is 0 Å². The molecule has 1 aliphatic heterocycles. The van der Waals surface area contributed by atoms with Crippen LogP contribution in [0, 0.1) is 0 Å². The molecule has 1 aromatic rings. The maximum atomic E-state index is 4.84. The number of nitrogens with zero attached hydrogens (tertiary/aromatic N) is 3. The summed E-state index contributed by atoms with van der Waals surface area (Å²) in [5.41, 5.74) is 1.34. The maximum Gasteiger partial charge on any atom is 0.183 e. The molecule has 1 atom stereocenters. The first-order valence-electron chi connectivity index (χ1n) is 9.39. The van der Waals surface area contributed by atoms with Crippen LogP contribution in [0.5, 0.6) is 0 Å². The van der Waals surface area contributed by atoms with Crippen molar-refractivity contribution < 1.29 is 0 Å². The topological polar surface area (TPSA) is 31.4 Å². The van der Waals surface area contributed by atoms with Gasteiger partial charge in [-0.3, -0.25) is 9.80 Å². The predicted octanol–water partition coefficient (Wildman–Crippen LogP) is 4.05. The van der Waals surface area contributed by atoms with Crippen LogP contribution in [-0.2, 0) is 5.41 Å². The van der Waals surface area contributed by atoms with Crippen molar-refractivity contribution in [2.75, 3.05) is 31.5 Å². The summed E-state index contributed by atoms with van der Waals surface area (Å²) in [5.74, 6) is 0. The van der Waals surface area contributed by atoms with Gasteiger partial charge in [-0.2, -0.15) is 0 Å². The highest BCUT2D eigenvalue weighted by Gasteiger charge is 2.30. The molecule has 138 valence electrons. The molecule has 2 rings (SSSR count). The van der Waals surface area contributed by atoms with Gasteiger partial charge in [-0.25, -0.2) is 4.98 Å². The first kappa shape index (κ1) is 19.7. The van der Waals surface area contributed by atoms with Crippen molar-refractivity contribution in [3.05, 3.63) is 11.1 Å². The van der Waals surface area contributed by atoms with Gasteiger partial charge in [-0.05, 0) is 41.0 Å². The zero-order valence-electron chi connectivity index (χ0n) is 16.6. The molecule has 0 spiro atoms. The lowest BCUT2D eigenvalue weighted by molar-refractivity contribution is 0.0737. The third-order valence-corrected chi connectivity index (χ3v) is 5.89. The van der Waals surface area contributed by atoms with E-state index in [1.807, 2.05) is 0 Å². The molecule has 0 aliphatic carbocycles. The Morgan fingerprint density at radius 1 is 1.08 bits per heavy atom. The van der Waals surface area contributed by atoms with Crippen molar-refractivity contribution in [1.82, 2.24) is 14.8 Å². The number of anilines is 1. The van der Waals surface area contributed by atoms with Gasteiger partial charge in [-0.1, -0.05) is 13.8 Å². The van der Waals surface area contributed by atoms with E-state index in [9.17, 15) is 0 Å². The highest BCUT2D eigenvalue weighted by atomic mass is 32.1. The summed E-state index contributed by atoms with van der Waals surface area (Å²) >= 11 is 1.73. The van der Waals surface area contributed by atoms with Crippen molar-refractivity contribution in [3.8, 4) is 0 Å². The van der Waals surface area contributed by atoms with Crippen LogP contribution < -0.4 is 5.32 Å². The van der Waals surface area contributed by atoms with Gasteiger partial charge in [0.15, 0.2) is 5.13 Å². The molecular weight excluding hydrogens is 316 g/mol. The van der Waals surface area contributed by atoms with Crippen LogP contribution in [0.4, 0.5) is 5.13 Å². The van der Waals surface area contributed by atoms with E-state index in [1.54, 1.807) is 11.3 Å². The molecule has 1 aromatic heterocycles. The van der Waals surface area contributed by atoms with Gasteiger partial charge < -0.3 is 5.32 Å². The average Bonchev–Trinajstić information content (AvgIpc) is 2.95. The molecule has 0 radical (unpaired) electrons. The Morgan fingerprint density at radius 3 is 2.21 bits per heavy atom. The van der Waals surface area contributed by atoms with Gasteiger partial charge in [0.1, 0.15) is 0 Å². The quantitative estimate of drug-likeness (QED) is 0.802. The van der Waals surface area contributed by atoms with E-state index in [2.05, 4.69) is 69.0 Å². The summed E-state index contributed by atoms with van der Waals surface area (Å²) in [6.45, 7) is 20.7. The molecule has 1 unspecified atom stereocenters. The average molecular weight is 353 g/mol. The molecule has 0 bridgehead atoms. The van der Waals surface area contributed by atoms with Crippen LogP contribution in [0.1, 0.15) is 60.6 Å². The molecular formula is C19H36N4S. The van der Waals surface area contributed by atoms with Crippen LogP contribution in [0.2, 0.25) is 0 Å². The standard InChI is InChI=1S/C19H36N4S/c1-14(2)20-18-21-17(13-24-18)19(6,7)12-16(5)23-10-8-22(9-11-23)15(3)4/h13-16H,8-12H2,1-7H3,(H,20,21).